The van der Waals surface area contributed by atoms with Crippen LogP contribution in [-0.2, 0) is 0 Å². The number of aliphatic hydroxyl groups is 1. The number of benzene rings is 1. The summed E-state index contributed by atoms with van der Waals surface area (Å²) in [5.74, 6) is 1.43. The van der Waals surface area contributed by atoms with Crippen LogP contribution in [0.15, 0.2) is 18.2 Å². The third-order valence-electron chi connectivity index (χ3n) is 3.95. The van der Waals surface area contributed by atoms with E-state index in [1.165, 1.54) is 5.56 Å². The number of nitrogens with zero attached hydrogens (tertiary/aromatic N) is 1. The van der Waals surface area contributed by atoms with Crippen molar-refractivity contribution in [3.05, 3.63) is 51.7 Å². The Balaban J connectivity index is 2.49. The standard InChI is InChI=1S/C19H25NO2/c1-7-17(21)16-10-14(5)20-19(15(16)6)22-18-12(3)8-11(2)9-13(18)4/h8-10,17,21H,7H2,1-6H3. The van der Waals surface area contributed by atoms with E-state index in [0.29, 0.717) is 12.3 Å². The number of aryl methyl sites for hydroxylation is 4. The van der Waals surface area contributed by atoms with Crippen molar-refractivity contribution in [1.29, 1.82) is 0 Å². The molecule has 0 aliphatic rings. The summed E-state index contributed by atoms with van der Waals surface area (Å²) in [4.78, 5) is 4.52. The second-order valence-electron chi connectivity index (χ2n) is 6.04. The fourth-order valence-corrected chi connectivity index (χ4v) is 2.82. The topological polar surface area (TPSA) is 42.4 Å². The monoisotopic (exact) mass is 299 g/mol. The Kier molecular flexibility index (Phi) is 4.87. The highest BCUT2D eigenvalue weighted by molar-refractivity contribution is 5.47. The fourth-order valence-electron chi connectivity index (χ4n) is 2.82. The largest absolute Gasteiger partial charge is 0.438 e. The number of aliphatic hydroxyl groups excluding tert-OH is 1. The van der Waals surface area contributed by atoms with Crippen LogP contribution in [0.2, 0.25) is 0 Å². The lowest BCUT2D eigenvalue weighted by molar-refractivity contribution is 0.172. The van der Waals surface area contributed by atoms with Gasteiger partial charge in [0.05, 0.1) is 6.10 Å². The minimum absolute atomic E-state index is 0.482. The molecule has 2 rings (SSSR count). The molecule has 1 heterocycles. The van der Waals surface area contributed by atoms with Crippen LogP contribution in [0.5, 0.6) is 11.6 Å². The Morgan fingerprint density at radius 1 is 1.05 bits per heavy atom. The summed E-state index contributed by atoms with van der Waals surface area (Å²) in [6.45, 7) is 12.0. The molecule has 0 fully saturated rings. The Labute approximate surface area is 133 Å². The summed E-state index contributed by atoms with van der Waals surface area (Å²) >= 11 is 0. The molecular weight excluding hydrogens is 274 g/mol. The van der Waals surface area contributed by atoms with Gasteiger partial charge in [0.1, 0.15) is 5.75 Å². The lowest BCUT2D eigenvalue weighted by atomic mass is 10.0. The first-order chi connectivity index (χ1) is 10.3. The lowest BCUT2D eigenvalue weighted by Crippen LogP contribution is -2.04. The first kappa shape index (κ1) is 16.5. The van der Waals surface area contributed by atoms with Crippen molar-refractivity contribution in [3.8, 4) is 11.6 Å². The molecule has 0 spiro atoms. The van der Waals surface area contributed by atoms with E-state index in [2.05, 4.69) is 24.0 Å². The van der Waals surface area contributed by atoms with E-state index in [0.717, 1.165) is 33.7 Å². The van der Waals surface area contributed by atoms with Gasteiger partial charge in [-0.2, -0.15) is 0 Å². The molecule has 0 saturated heterocycles. The Morgan fingerprint density at radius 2 is 1.64 bits per heavy atom. The molecule has 0 bridgehead atoms. The van der Waals surface area contributed by atoms with Crippen molar-refractivity contribution < 1.29 is 9.84 Å². The highest BCUT2D eigenvalue weighted by Crippen LogP contribution is 2.33. The smallest absolute Gasteiger partial charge is 0.222 e. The zero-order chi connectivity index (χ0) is 16.4. The van der Waals surface area contributed by atoms with Gasteiger partial charge in [-0.3, -0.25) is 0 Å². The zero-order valence-electron chi connectivity index (χ0n) is 14.3. The van der Waals surface area contributed by atoms with Gasteiger partial charge in [0.15, 0.2) is 0 Å². The normalized spacial score (nSPS) is 12.3. The van der Waals surface area contributed by atoms with Crippen molar-refractivity contribution in [2.75, 3.05) is 0 Å². The molecule has 3 nitrogen and oxygen atoms in total. The highest BCUT2D eigenvalue weighted by Gasteiger charge is 2.16. The van der Waals surface area contributed by atoms with Gasteiger partial charge in [0.25, 0.3) is 0 Å². The van der Waals surface area contributed by atoms with Crippen molar-refractivity contribution in [1.82, 2.24) is 4.98 Å². The minimum atomic E-state index is -0.482. The van der Waals surface area contributed by atoms with Crippen LogP contribution in [0.4, 0.5) is 0 Å². The van der Waals surface area contributed by atoms with Gasteiger partial charge in [-0.05, 0) is 63.8 Å². The quantitative estimate of drug-likeness (QED) is 0.876. The van der Waals surface area contributed by atoms with E-state index in [1.807, 2.05) is 40.7 Å². The van der Waals surface area contributed by atoms with E-state index in [9.17, 15) is 5.11 Å². The maximum atomic E-state index is 10.2. The average molecular weight is 299 g/mol. The first-order valence-corrected chi connectivity index (χ1v) is 7.75. The van der Waals surface area contributed by atoms with Gasteiger partial charge in [-0.1, -0.05) is 24.6 Å². The molecule has 1 aromatic carbocycles. The Bertz CT molecular complexity index is 669. The number of hydrogen-bond donors (Lipinski definition) is 1. The van der Waals surface area contributed by atoms with Gasteiger partial charge in [0.2, 0.25) is 5.88 Å². The predicted molar refractivity (Wildman–Crippen MR) is 89.7 cm³/mol. The Morgan fingerprint density at radius 3 is 2.18 bits per heavy atom. The second-order valence-corrected chi connectivity index (χ2v) is 6.04. The van der Waals surface area contributed by atoms with Crippen molar-refractivity contribution >= 4 is 0 Å². The van der Waals surface area contributed by atoms with Crippen LogP contribution < -0.4 is 4.74 Å². The summed E-state index contributed by atoms with van der Waals surface area (Å²) in [7, 11) is 0. The van der Waals surface area contributed by atoms with Gasteiger partial charge in [-0.15, -0.1) is 0 Å². The third kappa shape index (κ3) is 3.30. The minimum Gasteiger partial charge on any atom is -0.438 e. The maximum absolute atomic E-state index is 10.2. The van der Waals surface area contributed by atoms with Crippen LogP contribution >= 0.6 is 0 Å². The van der Waals surface area contributed by atoms with E-state index >= 15 is 0 Å². The molecule has 118 valence electrons. The molecule has 22 heavy (non-hydrogen) atoms. The summed E-state index contributed by atoms with van der Waals surface area (Å²) < 4.78 is 6.12. The van der Waals surface area contributed by atoms with Crippen molar-refractivity contribution in [2.24, 2.45) is 0 Å². The summed E-state index contributed by atoms with van der Waals surface area (Å²) in [5.41, 5.74) is 6.06. The zero-order valence-corrected chi connectivity index (χ0v) is 14.3. The molecule has 0 amide bonds. The summed E-state index contributed by atoms with van der Waals surface area (Å²) in [6.07, 6.45) is 0.191. The summed E-state index contributed by atoms with van der Waals surface area (Å²) in [5, 5.41) is 10.2. The Hall–Kier alpha value is -1.87. The van der Waals surface area contributed by atoms with Crippen molar-refractivity contribution in [3.63, 3.8) is 0 Å². The third-order valence-corrected chi connectivity index (χ3v) is 3.95. The molecule has 3 heteroatoms. The highest BCUT2D eigenvalue weighted by atomic mass is 16.5. The lowest BCUT2D eigenvalue weighted by Gasteiger charge is -2.18. The number of hydrogen-bond acceptors (Lipinski definition) is 3. The second kappa shape index (κ2) is 6.49. The fraction of sp³-hybridized carbons (Fsp3) is 0.421. The molecule has 0 aliphatic carbocycles. The van der Waals surface area contributed by atoms with E-state index in [1.54, 1.807) is 0 Å². The molecule has 0 aliphatic heterocycles. The number of aromatic nitrogens is 1. The molecule has 2 aromatic rings. The molecular formula is C19H25NO2. The van der Waals surface area contributed by atoms with Crippen LogP contribution in [0, 0.1) is 34.6 Å². The SMILES string of the molecule is CCC(O)c1cc(C)nc(Oc2c(C)cc(C)cc2C)c1C. The number of pyridine rings is 1. The molecule has 1 atom stereocenters. The molecule has 1 N–H and O–H groups in total. The van der Waals surface area contributed by atoms with Gasteiger partial charge >= 0.3 is 0 Å². The van der Waals surface area contributed by atoms with Crippen LogP contribution in [0.25, 0.3) is 0 Å². The molecule has 1 unspecified atom stereocenters. The first-order valence-electron chi connectivity index (χ1n) is 7.75. The van der Waals surface area contributed by atoms with E-state index in [4.69, 9.17) is 4.74 Å². The molecule has 0 radical (unpaired) electrons. The average Bonchev–Trinajstić information content (AvgIpc) is 2.44. The van der Waals surface area contributed by atoms with E-state index < -0.39 is 6.10 Å². The number of rotatable bonds is 4. The maximum Gasteiger partial charge on any atom is 0.222 e. The van der Waals surface area contributed by atoms with Crippen LogP contribution in [0.1, 0.15) is 53.0 Å². The molecule has 1 aromatic heterocycles. The van der Waals surface area contributed by atoms with Crippen LogP contribution in [-0.4, -0.2) is 10.1 Å². The van der Waals surface area contributed by atoms with Gasteiger partial charge in [0, 0.05) is 11.3 Å². The van der Waals surface area contributed by atoms with Gasteiger partial charge < -0.3 is 9.84 Å². The van der Waals surface area contributed by atoms with Crippen molar-refractivity contribution in [2.45, 2.75) is 54.1 Å². The van der Waals surface area contributed by atoms with Crippen LogP contribution in [0.3, 0.4) is 0 Å². The number of ether oxygens (including phenoxy) is 1. The summed E-state index contributed by atoms with van der Waals surface area (Å²) in [6, 6.07) is 6.15. The predicted octanol–water partition coefficient (Wildman–Crippen LogP) is 4.86. The molecule has 0 saturated carbocycles. The van der Waals surface area contributed by atoms with Gasteiger partial charge in [-0.25, -0.2) is 4.98 Å². The van der Waals surface area contributed by atoms with E-state index in [-0.39, 0.29) is 0 Å².